The van der Waals surface area contributed by atoms with Crippen molar-refractivity contribution in [1.82, 2.24) is 0 Å². The monoisotopic (exact) mass is 378 g/mol. The molecule has 1 saturated heterocycles. The summed E-state index contributed by atoms with van der Waals surface area (Å²) in [4.78, 5) is 26.3. The van der Waals surface area contributed by atoms with Gasteiger partial charge in [0.05, 0.1) is 28.8 Å². The molecule has 5 nitrogen and oxygen atoms in total. The lowest BCUT2D eigenvalue weighted by atomic mass is 10.1. The number of anilines is 2. The van der Waals surface area contributed by atoms with E-state index in [1.165, 1.54) is 4.90 Å². The highest BCUT2D eigenvalue weighted by atomic mass is 35.5. The SMILES string of the molecule is COc1cccc(NC(=O)[C@H]2CC(=O)N(c3cccc(Cl)c3Cl)C2)c1. The average Bonchev–Trinajstić information content (AvgIpc) is 2.99. The Morgan fingerprint density at radius 2 is 2.00 bits per heavy atom. The van der Waals surface area contributed by atoms with Crippen LogP contribution in [0.5, 0.6) is 5.75 Å². The highest BCUT2D eigenvalue weighted by Gasteiger charge is 2.36. The smallest absolute Gasteiger partial charge is 0.229 e. The fourth-order valence-corrected chi connectivity index (χ4v) is 3.16. The topological polar surface area (TPSA) is 58.6 Å². The van der Waals surface area contributed by atoms with Crippen molar-refractivity contribution >= 4 is 46.4 Å². The molecule has 1 aliphatic heterocycles. The van der Waals surface area contributed by atoms with Crippen LogP contribution >= 0.6 is 23.2 Å². The van der Waals surface area contributed by atoms with Gasteiger partial charge in [0, 0.05) is 24.7 Å². The van der Waals surface area contributed by atoms with Crippen LogP contribution in [0.2, 0.25) is 10.0 Å². The van der Waals surface area contributed by atoms with Crippen molar-refractivity contribution in [2.24, 2.45) is 5.92 Å². The normalized spacial score (nSPS) is 16.8. The molecule has 0 radical (unpaired) electrons. The first-order valence-electron chi connectivity index (χ1n) is 7.69. The first kappa shape index (κ1) is 17.6. The van der Waals surface area contributed by atoms with E-state index in [4.69, 9.17) is 27.9 Å². The third-order valence-electron chi connectivity index (χ3n) is 4.06. The summed E-state index contributed by atoms with van der Waals surface area (Å²) < 4.78 is 5.14. The van der Waals surface area contributed by atoms with Gasteiger partial charge >= 0.3 is 0 Å². The molecule has 25 heavy (non-hydrogen) atoms. The summed E-state index contributed by atoms with van der Waals surface area (Å²) in [6.07, 6.45) is 0.124. The lowest BCUT2D eigenvalue weighted by Crippen LogP contribution is -2.28. The Morgan fingerprint density at radius 1 is 1.24 bits per heavy atom. The summed E-state index contributed by atoms with van der Waals surface area (Å²) in [5.41, 5.74) is 1.15. The van der Waals surface area contributed by atoms with Crippen molar-refractivity contribution < 1.29 is 14.3 Å². The van der Waals surface area contributed by atoms with E-state index in [1.54, 1.807) is 49.6 Å². The van der Waals surface area contributed by atoms with Crippen molar-refractivity contribution in [3.8, 4) is 5.75 Å². The molecule has 0 aromatic heterocycles. The molecule has 0 saturated carbocycles. The minimum atomic E-state index is -0.464. The van der Waals surface area contributed by atoms with Gasteiger partial charge in [-0.1, -0.05) is 35.3 Å². The maximum atomic E-state index is 12.5. The fourth-order valence-electron chi connectivity index (χ4n) is 2.76. The van der Waals surface area contributed by atoms with Gasteiger partial charge in [-0.2, -0.15) is 0 Å². The van der Waals surface area contributed by atoms with Crippen LogP contribution in [-0.2, 0) is 9.59 Å². The number of hydrogen-bond acceptors (Lipinski definition) is 3. The molecular weight excluding hydrogens is 363 g/mol. The first-order valence-corrected chi connectivity index (χ1v) is 8.44. The lowest BCUT2D eigenvalue weighted by Gasteiger charge is -2.18. The molecule has 130 valence electrons. The largest absolute Gasteiger partial charge is 0.497 e. The predicted molar refractivity (Wildman–Crippen MR) is 98.5 cm³/mol. The Balaban J connectivity index is 1.73. The number of ether oxygens (including phenoxy) is 1. The molecule has 0 aliphatic carbocycles. The summed E-state index contributed by atoms with van der Waals surface area (Å²) in [5, 5.41) is 3.50. The molecule has 0 unspecified atom stereocenters. The van der Waals surface area contributed by atoms with Gasteiger partial charge < -0.3 is 15.0 Å². The third-order valence-corrected chi connectivity index (χ3v) is 4.86. The quantitative estimate of drug-likeness (QED) is 0.874. The summed E-state index contributed by atoms with van der Waals surface area (Å²) in [7, 11) is 1.56. The van der Waals surface area contributed by atoms with Crippen molar-refractivity contribution in [2.75, 3.05) is 23.9 Å². The van der Waals surface area contributed by atoms with Crippen LogP contribution < -0.4 is 15.0 Å². The third kappa shape index (κ3) is 3.72. The number of nitrogens with one attached hydrogen (secondary N) is 1. The molecule has 1 fully saturated rings. The van der Waals surface area contributed by atoms with E-state index >= 15 is 0 Å². The zero-order valence-electron chi connectivity index (χ0n) is 13.5. The highest BCUT2D eigenvalue weighted by molar-refractivity contribution is 6.44. The molecule has 2 aromatic carbocycles. The van der Waals surface area contributed by atoms with E-state index in [2.05, 4.69) is 5.32 Å². The van der Waals surface area contributed by atoms with Crippen molar-refractivity contribution in [3.05, 3.63) is 52.5 Å². The number of carbonyl (C=O) groups excluding carboxylic acids is 2. The van der Waals surface area contributed by atoms with Gasteiger partial charge in [-0.15, -0.1) is 0 Å². The van der Waals surface area contributed by atoms with Gasteiger partial charge in [0.2, 0.25) is 11.8 Å². The van der Waals surface area contributed by atoms with Crippen molar-refractivity contribution in [3.63, 3.8) is 0 Å². The van der Waals surface area contributed by atoms with Gasteiger partial charge in [-0.3, -0.25) is 9.59 Å². The maximum absolute atomic E-state index is 12.5. The molecule has 1 atom stereocenters. The predicted octanol–water partition coefficient (Wildman–Crippen LogP) is 3.99. The summed E-state index contributed by atoms with van der Waals surface area (Å²) in [6.45, 7) is 0.259. The first-order chi connectivity index (χ1) is 12.0. The van der Waals surface area contributed by atoms with Crippen LogP contribution in [0, 0.1) is 5.92 Å². The van der Waals surface area contributed by atoms with Crippen LogP contribution in [0.4, 0.5) is 11.4 Å². The Hall–Kier alpha value is -2.24. The van der Waals surface area contributed by atoms with Crippen LogP contribution in [0.15, 0.2) is 42.5 Å². The van der Waals surface area contributed by atoms with E-state index in [9.17, 15) is 9.59 Å². The molecule has 1 heterocycles. The van der Waals surface area contributed by atoms with Gasteiger partial charge in [-0.25, -0.2) is 0 Å². The lowest BCUT2D eigenvalue weighted by molar-refractivity contribution is -0.122. The van der Waals surface area contributed by atoms with Crippen LogP contribution in [0.25, 0.3) is 0 Å². The van der Waals surface area contributed by atoms with Crippen LogP contribution in [0.3, 0.4) is 0 Å². The average molecular weight is 379 g/mol. The summed E-state index contributed by atoms with van der Waals surface area (Å²) in [5.74, 6) is -0.196. The Morgan fingerprint density at radius 3 is 2.76 bits per heavy atom. The minimum absolute atomic E-state index is 0.124. The highest BCUT2D eigenvalue weighted by Crippen LogP contribution is 2.36. The number of rotatable bonds is 4. The van der Waals surface area contributed by atoms with Gasteiger partial charge in [0.15, 0.2) is 0 Å². The van der Waals surface area contributed by atoms with Crippen LogP contribution in [-0.4, -0.2) is 25.5 Å². The van der Waals surface area contributed by atoms with Gasteiger partial charge in [0.25, 0.3) is 0 Å². The zero-order chi connectivity index (χ0) is 18.0. The second-order valence-corrected chi connectivity index (χ2v) is 6.48. The van der Waals surface area contributed by atoms with E-state index in [0.29, 0.717) is 27.2 Å². The number of halogens is 2. The number of nitrogens with zero attached hydrogens (tertiary/aromatic N) is 1. The van der Waals surface area contributed by atoms with Crippen LogP contribution in [0.1, 0.15) is 6.42 Å². The number of methoxy groups -OCH3 is 1. The standard InChI is InChI=1S/C18H16Cl2N2O3/c1-25-13-5-2-4-12(9-13)21-18(24)11-8-16(23)22(10-11)15-7-3-6-14(19)17(15)20/h2-7,9,11H,8,10H2,1H3,(H,21,24)/t11-/m0/s1. The molecular formula is C18H16Cl2N2O3. The maximum Gasteiger partial charge on any atom is 0.229 e. The Bertz CT molecular complexity index is 826. The molecule has 2 amide bonds. The van der Waals surface area contributed by atoms with E-state index < -0.39 is 5.92 Å². The molecule has 1 aliphatic rings. The summed E-state index contributed by atoms with van der Waals surface area (Å²) in [6, 6.07) is 12.2. The summed E-state index contributed by atoms with van der Waals surface area (Å²) >= 11 is 12.2. The molecule has 1 N–H and O–H groups in total. The Kier molecular flexibility index (Phi) is 5.16. The molecule has 7 heteroatoms. The van der Waals surface area contributed by atoms with Gasteiger partial charge in [0.1, 0.15) is 5.75 Å². The molecule has 0 spiro atoms. The number of hydrogen-bond donors (Lipinski definition) is 1. The molecule has 3 rings (SSSR count). The van der Waals surface area contributed by atoms with Gasteiger partial charge in [-0.05, 0) is 24.3 Å². The molecule has 2 aromatic rings. The second kappa shape index (κ2) is 7.33. The fraction of sp³-hybridized carbons (Fsp3) is 0.222. The number of amides is 2. The minimum Gasteiger partial charge on any atom is -0.497 e. The zero-order valence-corrected chi connectivity index (χ0v) is 15.0. The van der Waals surface area contributed by atoms with Crippen molar-refractivity contribution in [2.45, 2.75) is 6.42 Å². The van der Waals surface area contributed by atoms with E-state index in [0.717, 1.165) is 0 Å². The van der Waals surface area contributed by atoms with Crippen molar-refractivity contribution in [1.29, 1.82) is 0 Å². The number of benzene rings is 2. The van der Waals surface area contributed by atoms with E-state index in [1.807, 2.05) is 0 Å². The number of carbonyl (C=O) groups is 2. The molecule has 0 bridgehead atoms. The Labute approximate surface area is 155 Å². The second-order valence-electron chi connectivity index (χ2n) is 5.70. The van der Waals surface area contributed by atoms with E-state index in [-0.39, 0.29) is 24.8 Å².